The van der Waals surface area contributed by atoms with Crippen LogP contribution in [0.3, 0.4) is 0 Å². The van der Waals surface area contributed by atoms with E-state index in [1.165, 1.54) is 6.92 Å². The topological polar surface area (TPSA) is 0 Å². The lowest BCUT2D eigenvalue weighted by Gasteiger charge is -2.43. The summed E-state index contributed by atoms with van der Waals surface area (Å²) in [6.45, 7) is 1.21. The third kappa shape index (κ3) is 4.23. The molecule has 0 saturated heterocycles. The first-order valence-electron chi connectivity index (χ1n) is 10.4. The summed E-state index contributed by atoms with van der Waals surface area (Å²) < 4.78 is 218. The molecule has 0 amide bonds. The van der Waals surface area contributed by atoms with E-state index in [4.69, 9.17) is 0 Å². The Hall–Kier alpha value is -3.59. The summed E-state index contributed by atoms with van der Waals surface area (Å²) in [5.74, 6) is -44.9. The molecule has 210 valence electrons. The molecule has 0 nitrogen and oxygen atoms in total. The van der Waals surface area contributed by atoms with Gasteiger partial charge in [-0.1, -0.05) is 18.6 Å². The molecule has 0 saturated carbocycles. The second-order valence-corrected chi connectivity index (χ2v) is 8.14. The summed E-state index contributed by atoms with van der Waals surface area (Å²) >= 11 is 0. The molecule has 0 aromatic heterocycles. The molecule has 0 unspecified atom stereocenters. The zero-order valence-corrected chi connectivity index (χ0v) is 18.8. The monoisotopic (exact) mass is 581 g/mol. The molecule has 0 bridgehead atoms. The van der Waals surface area contributed by atoms with Crippen LogP contribution in [0.25, 0.3) is 0 Å². The van der Waals surface area contributed by atoms with E-state index < -0.39 is 123 Å². The fraction of sp³-hybridized carbons (Fsp3) is 0.130. The Morgan fingerprint density at radius 3 is 0.795 bits per heavy atom. The van der Waals surface area contributed by atoms with Gasteiger partial charge in [0.1, 0.15) is 41.0 Å². The Labute approximate surface area is 208 Å². The summed E-state index contributed by atoms with van der Waals surface area (Å²) in [5.41, 5.74) is -7.79. The van der Waals surface area contributed by atoms with Gasteiger partial charge in [-0.25, -0.2) is 65.9 Å². The smallest absolute Gasteiger partial charge is 0.200 e. The molecular formula is C23H9BF15-. The molecule has 0 aliphatic heterocycles. The van der Waals surface area contributed by atoms with Crippen LogP contribution in [-0.2, 0) is 0 Å². The Morgan fingerprint density at radius 1 is 0.385 bits per heavy atom. The highest BCUT2D eigenvalue weighted by atomic mass is 19.2. The number of hydrogen-bond acceptors (Lipinski definition) is 0. The van der Waals surface area contributed by atoms with Crippen molar-refractivity contribution in [1.29, 1.82) is 0 Å². The largest absolute Gasteiger partial charge is 0.207 e. The quantitative estimate of drug-likeness (QED) is 0.107. The van der Waals surface area contributed by atoms with Crippen LogP contribution in [0, 0.1) is 87.3 Å². The number of rotatable bonds is 6. The van der Waals surface area contributed by atoms with E-state index in [1.807, 2.05) is 0 Å². The average molecular weight is 581 g/mol. The Kier molecular flexibility index (Phi) is 8.09. The van der Waals surface area contributed by atoms with Gasteiger partial charge in [-0.15, -0.1) is 16.4 Å². The standard InChI is InChI=1S/C23H9BF15/c1-2-3-4-5-24(6-9(25)15(31)21(37)16(32)10(6)26,7-11(27)17(33)22(38)18(34)12(7)28)8-13(29)19(35)23(39)20(36)14(8)30/h2-3H,4-5H2,1H3/q-1/b3-2+. The fourth-order valence-electron chi connectivity index (χ4n) is 4.54. The summed E-state index contributed by atoms with van der Waals surface area (Å²) in [6, 6.07) is 0. The van der Waals surface area contributed by atoms with Crippen molar-refractivity contribution in [2.24, 2.45) is 0 Å². The highest BCUT2D eigenvalue weighted by Crippen LogP contribution is 2.30. The van der Waals surface area contributed by atoms with Crippen LogP contribution in [0.1, 0.15) is 13.3 Å². The summed E-state index contributed by atoms with van der Waals surface area (Å²) in [6.07, 6.45) is -6.19. The van der Waals surface area contributed by atoms with Crippen molar-refractivity contribution in [3.05, 3.63) is 99.4 Å². The Morgan fingerprint density at radius 2 is 0.590 bits per heavy atom. The van der Waals surface area contributed by atoms with Gasteiger partial charge in [0, 0.05) is 0 Å². The van der Waals surface area contributed by atoms with Crippen molar-refractivity contribution in [3.63, 3.8) is 0 Å². The van der Waals surface area contributed by atoms with Crippen LogP contribution in [0.15, 0.2) is 12.2 Å². The van der Waals surface area contributed by atoms with Gasteiger partial charge in [-0.2, -0.15) is 6.32 Å². The first kappa shape index (κ1) is 30.0. The van der Waals surface area contributed by atoms with E-state index in [0.717, 1.165) is 12.2 Å². The minimum atomic E-state index is -5.47. The predicted molar refractivity (Wildman–Crippen MR) is 108 cm³/mol. The van der Waals surface area contributed by atoms with Crippen molar-refractivity contribution in [3.8, 4) is 0 Å². The fourth-order valence-corrected chi connectivity index (χ4v) is 4.54. The van der Waals surface area contributed by atoms with E-state index in [1.54, 1.807) is 0 Å². The van der Waals surface area contributed by atoms with Gasteiger partial charge in [-0.05, 0) is 6.92 Å². The van der Waals surface area contributed by atoms with E-state index in [2.05, 4.69) is 0 Å². The SMILES string of the molecule is C/C=C/CC[B-](c1c(F)c(F)c(F)c(F)c1F)(c1c(F)c(F)c(F)c(F)c1F)c1c(F)c(F)c(F)c(F)c1F. The molecule has 3 rings (SSSR count). The zero-order valence-electron chi connectivity index (χ0n) is 18.8. The minimum absolute atomic E-state index is 0.876. The van der Waals surface area contributed by atoms with Gasteiger partial charge in [0.25, 0.3) is 0 Å². The van der Waals surface area contributed by atoms with Gasteiger partial charge >= 0.3 is 0 Å². The molecule has 16 heteroatoms. The Bertz CT molecular complexity index is 1270. The number of benzene rings is 3. The molecular weight excluding hydrogens is 572 g/mol. The molecule has 0 aliphatic carbocycles. The first-order valence-corrected chi connectivity index (χ1v) is 10.4. The molecule has 0 fully saturated rings. The van der Waals surface area contributed by atoms with Crippen molar-refractivity contribution >= 4 is 22.5 Å². The van der Waals surface area contributed by atoms with Crippen molar-refractivity contribution in [2.45, 2.75) is 19.7 Å². The van der Waals surface area contributed by atoms with Crippen LogP contribution >= 0.6 is 0 Å². The lowest BCUT2D eigenvalue weighted by atomic mass is 9.13. The van der Waals surface area contributed by atoms with E-state index in [-0.39, 0.29) is 0 Å². The normalized spacial score (nSPS) is 12.2. The molecule has 3 aromatic carbocycles. The van der Waals surface area contributed by atoms with E-state index >= 15 is 26.3 Å². The Balaban J connectivity index is 2.86. The maximum Gasteiger partial charge on any atom is 0.200 e. The van der Waals surface area contributed by atoms with Crippen LogP contribution in [0.2, 0.25) is 6.32 Å². The summed E-state index contributed by atoms with van der Waals surface area (Å²) in [5, 5.41) is 0. The van der Waals surface area contributed by atoms with E-state index in [9.17, 15) is 39.5 Å². The zero-order chi connectivity index (χ0) is 29.7. The third-order valence-electron chi connectivity index (χ3n) is 6.21. The van der Waals surface area contributed by atoms with Gasteiger partial charge < -0.3 is 0 Å². The molecule has 0 radical (unpaired) electrons. The molecule has 0 atom stereocenters. The van der Waals surface area contributed by atoms with Crippen LogP contribution in [0.5, 0.6) is 0 Å². The lowest BCUT2D eigenvalue weighted by Crippen LogP contribution is -2.73. The number of allylic oxidation sites excluding steroid dienone is 2. The van der Waals surface area contributed by atoms with Gasteiger partial charge in [0.05, 0.1) is 0 Å². The number of hydrogen-bond donors (Lipinski definition) is 0. The summed E-state index contributed by atoms with van der Waals surface area (Å²) in [7, 11) is 0. The number of halogens is 15. The summed E-state index contributed by atoms with van der Waals surface area (Å²) in [4.78, 5) is 0. The van der Waals surface area contributed by atoms with Crippen molar-refractivity contribution in [1.82, 2.24) is 0 Å². The average Bonchev–Trinajstić information content (AvgIpc) is 2.90. The predicted octanol–water partition coefficient (Wildman–Crippen LogP) is 6.21. The second-order valence-electron chi connectivity index (χ2n) is 8.14. The maximum absolute atomic E-state index is 15.1. The van der Waals surface area contributed by atoms with Gasteiger partial charge in [0.15, 0.2) is 52.4 Å². The van der Waals surface area contributed by atoms with Gasteiger partial charge in [-0.3, -0.25) is 0 Å². The molecule has 0 heterocycles. The lowest BCUT2D eigenvalue weighted by molar-refractivity contribution is 0.379. The molecule has 39 heavy (non-hydrogen) atoms. The third-order valence-corrected chi connectivity index (χ3v) is 6.21. The maximum atomic E-state index is 15.1. The minimum Gasteiger partial charge on any atom is -0.207 e. The highest BCUT2D eigenvalue weighted by molar-refractivity contribution is 7.11. The van der Waals surface area contributed by atoms with Crippen LogP contribution in [0.4, 0.5) is 65.9 Å². The van der Waals surface area contributed by atoms with Crippen LogP contribution < -0.4 is 16.4 Å². The molecule has 0 spiro atoms. The van der Waals surface area contributed by atoms with E-state index in [0.29, 0.717) is 0 Å². The molecule has 3 aromatic rings. The van der Waals surface area contributed by atoms with Crippen molar-refractivity contribution < 1.29 is 65.9 Å². The van der Waals surface area contributed by atoms with Crippen LogP contribution in [-0.4, -0.2) is 6.15 Å². The van der Waals surface area contributed by atoms with Crippen molar-refractivity contribution in [2.75, 3.05) is 0 Å². The second kappa shape index (κ2) is 10.5. The molecule has 0 N–H and O–H groups in total. The highest BCUT2D eigenvalue weighted by Gasteiger charge is 2.47. The first-order chi connectivity index (χ1) is 18.1. The van der Waals surface area contributed by atoms with Gasteiger partial charge in [0.2, 0.25) is 0 Å². The molecule has 0 aliphatic rings.